The van der Waals surface area contributed by atoms with Crippen molar-refractivity contribution in [1.29, 1.82) is 0 Å². The van der Waals surface area contributed by atoms with Crippen LogP contribution in [0, 0.1) is 11.8 Å². The molecule has 2 rings (SSSR count). The van der Waals surface area contributed by atoms with Gasteiger partial charge in [0.05, 0.1) is 0 Å². The van der Waals surface area contributed by atoms with Gasteiger partial charge in [-0.1, -0.05) is 130 Å². The maximum absolute atomic E-state index is 2.99. The van der Waals surface area contributed by atoms with Gasteiger partial charge in [0.15, 0.2) is 0 Å². The van der Waals surface area contributed by atoms with E-state index in [9.17, 15) is 0 Å². The van der Waals surface area contributed by atoms with Crippen LogP contribution in [0.1, 0.15) is 163 Å². The number of unbranched alkanes of at least 4 members (excludes halogenated alkanes) is 10. The molecule has 2 saturated heterocycles. The Morgan fingerprint density at radius 3 is 1.51 bits per heavy atom. The van der Waals surface area contributed by atoms with Gasteiger partial charge in [-0.25, -0.2) is 0 Å². The van der Waals surface area contributed by atoms with Gasteiger partial charge in [-0.05, 0) is 50.5 Å². The molecule has 0 radical (unpaired) electrons. The predicted octanol–water partition coefficient (Wildman–Crippen LogP) is 9.86. The Labute approximate surface area is 222 Å². The van der Waals surface area contributed by atoms with Crippen molar-refractivity contribution in [2.24, 2.45) is 11.8 Å². The van der Waals surface area contributed by atoms with E-state index < -0.39 is 0 Å². The van der Waals surface area contributed by atoms with Crippen LogP contribution < -0.4 is 0 Å². The van der Waals surface area contributed by atoms with Gasteiger partial charge in [0.25, 0.3) is 0 Å². The summed E-state index contributed by atoms with van der Waals surface area (Å²) in [6, 6.07) is 1.72. The van der Waals surface area contributed by atoms with Crippen LogP contribution in [0.4, 0.5) is 0 Å². The SMILES string of the molecule is CCCCCCCC(CCCCCC)CCN1[C@@H]2CC[C@H]1CN(CC(CCC)CCCCCC)C2. The third-order valence-electron chi connectivity index (χ3n) is 9.37. The van der Waals surface area contributed by atoms with E-state index >= 15 is 0 Å². The van der Waals surface area contributed by atoms with Gasteiger partial charge in [-0.3, -0.25) is 9.80 Å². The maximum atomic E-state index is 2.99. The van der Waals surface area contributed by atoms with E-state index in [1.807, 2.05) is 0 Å². The lowest BCUT2D eigenvalue weighted by molar-refractivity contribution is 0.0506. The molecule has 0 spiro atoms. The number of nitrogens with zero attached hydrogens (tertiary/aromatic N) is 2. The van der Waals surface area contributed by atoms with Gasteiger partial charge >= 0.3 is 0 Å². The van der Waals surface area contributed by atoms with Crippen molar-refractivity contribution in [2.45, 2.75) is 175 Å². The molecule has 2 unspecified atom stereocenters. The Bertz CT molecular complexity index is 464. The van der Waals surface area contributed by atoms with E-state index in [1.54, 1.807) is 0 Å². The monoisotopic (exact) mass is 491 g/mol. The van der Waals surface area contributed by atoms with Gasteiger partial charge in [0, 0.05) is 31.7 Å². The van der Waals surface area contributed by atoms with Crippen LogP contribution in [0.2, 0.25) is 0 Å². The quantitative estimate of drug-likeness (QED) is 0.131. The highest BCUT2D eigenvalue weighted by atomic mass is 15.3. The summed E-state index contributed by atoms with van der Waals surface area (Å²) in [5.41, 5.74) is 0. The minimum absolute atomic E-state index is 0.862. The van der Waals surface area contributed by atoms with Gasteiger partial charge in [0.2, 0.25) is 0 Å². The van der Waals surface area contributed by atoms with Crippen molar-refractivity contribution in [2.75, 3.05) is 26.2 Å². The molecule has 2 nitrogen and oxygen atoms in total. The molecule has 2 aliphatic heterocycles. The average molecular weight is 491 g/mol. The molecule has 0 aromatic carbocycles. The zero-order valence-corrected chi connectivity index (χ0v) is 24.9. The Hall–Kier alpha value is -0.0800. The number of fused-ring (bicyclic) bond motifs is 2. The van der Waals surface area contributed by atoms with Crippen molar-refractivity contribution in [3.63, 3.8) is 0 Å². The third kappa shape index (κ3) is 12.8. The zero-order valence-electron chi connectivity index (χ0n) is 24.9. The predicted molar refractivity (Wildman–Crippen MR) is 157 cm³/mol. The fraction of sp³-hybridized carbons (Fsp3) is 1.00. The van der Waals surface area contributed by atoms with E-state index in [4.69, 9.17) is 0 Å². The molecule has 0 N–H and O–H groups in total. The molecule has 2 bridgehead atoms. The molecule has 2 heteroatoms. The second kappa shape index (κ2) is 20.0. The van der Waals surface area contributed by atoms with Crippen molar-refractivity contribution < 1.29 is 0 Å². The maximum Gasteiger partial charge on any atom is 0.0227 e. The summed E-state index contributed by atoms with van der Waals surface area (Å²) in [5.74, 6) is 1.94. The van der Waals surface area contributed by atoms with E-state index in [1.165, 1.54) is 161 Å². The first-order chi connectivity index (χ1) is 17.2. The van der Waals surface area contributed by atoms with Gasteiger partial charge in [-0.15, -0.1) is 0 Å². The summed E-state index contributed by atoms with van der Waals surface area (Å²) in [6.45, 7) is 14.9. The van der Waals surface area contributed by atoms with Gasteiger partial charge in [-0.2, -0.15) is 0 Å². The van der Waals surface area contributed by atoms with Crippen LogP contribution in [0.25, 0.3) is 0 Å². The number of hydrogen-bond donors (Lipinski definition) is 0. The standard InChI is InChI=1S/C33H66N2/c1-5-9-12-15-18-21-30(20-16-13-10-6-2)25-26-35-32-23-24-33(35)29-34(28-32)27-31(19-8-4)22-17-14-11-7-3/h30-33H,5-29H2,1-4H3/t30?,31?,32-,33+. The molecular weight excluding hydrogens is 424 g/mol. The number of rotatable bonds is 23. The molecule has 0 aromatic heterocycles. The Morgan fingerprint density at radius 1 is 0.514 bits per heavy atom. The topological polar surface area (TPSA) is 6.48 Å². The highest BCUT2D eigenvalue weighted by Crippen LogP contribution is 2.33. The van der Waals surface area contributed by atoms with E-state index in [2.05, 4.69) is 37.5 Å². The largest absolute Gasteiger partial charge is 0.300 e. The highest BCUT2D eigenvalue weighted by molar-refractivity contribution is 4.96. The Kier molecular flexibility index (Phi) is 17.8. The minimum Gasteiger partial charge on any atom is -0.300 e. The summed E-state index contributed by atoms with van der Waals surface area (Å²) in [5, 5.41) is 0. The summed E-state index contributed by atoms with van der Waals surface area (Å²) in [4.78, 5) is 5.89. The first-order valence-corrected chi connectivity index (χ1v) is 16.7. The van der Waals surface area contributed by atoms with Gasteiger partial charge < -0.3 is 0 Å². The number of hydrogen-bond acceptors (Lipinski definition) is 2. The van der Waals surface area contributed by atoms with Crippen LogP contribution in [0.15, 0.2) is 0 Å². The fourth-order valence-electron chi connectivity index (χ4n) is 7.21. The molecule has 0 amide bonds. The molecule has 2 aliphatic rings. The zero-order chi connectivity index (χ0) is 25.1. The van der Waals surface area contributed by atoms with E-state index in [0.29, 0.717) is 0 Å². The lowest BCUT2D eigenvalue weighted by Gasteiger charge is -2.42. The molecule has 0 aliphatic carbocycles. The normalized spacial score (nSPS) is 22.6. The minimum atomic E-state index is 0.862. The summed E-state index contributed by atoms with van der Waals surface area (Å²) < 4.78 is 0. The first kappa shape index (κ1) is 31.1. The molecule has 2 fully saturated rings. The molecule has 208 valence electrons. The average Bonchev–Trinajstić information content (AvgIpc) is 3.10. The van der Waals surface area contributed by atoms with Crippen molar-refractivity contribution in [1.82, 2.24) is 9.80 Å². The molecular formula is C33H66N2. The van der Waals surface area contributed by atoms with Gasteiger partial charge in [0.1, 0.15) is 0 Å². The lowest BCUT2D eigenvalue weighted by Crippen LogP contribution is -2.54. The van der Waals surface area contributed by atoms with Crippen LogP contribution in [-0.4, -0.2) is 48.1 Å². The Morgan fingerprint density at radius 2 is 1.00 bits per heavy atom. The molecule has 0 aromatic rings. The Balaban J connectivity index is 1.77. The van der Waals surface area contributed by atoms with Crippen molar-refractivity contribution in [3.05, 3.63) is 0 Å². The molecule has 0 saturated carbocycles. The highest BCUT2D eigenvalue weighted by Gasteiger charge is 2.39. The van der Waals surface area contributed by atoms with Crippen LogP contribution in [0.3, 0.4) is 0 Å². The summed E-state index contributed by atoms with van der Waals surface area (Å²) >= 11 is 0. The number of likely N-dealkylation sites (tertiary alicyclic amines) is 1. The smallest absolute Gasteiger partial charge is 0.0227 e. The van der Waals surface area contributed by atoms with Crippen molar-refractivity contribution >= 4 is 0 Å². The molecule has 2 heterocycles. The second-order valence-electron chi connectivity index (χ2n) is 12.6. The van der Waals surface area contributed by atoms with Crippen LogP contribution in [0.5, 0.6) is 0 Å². The number of piperazine rings is 1. The van der Waals surface area contributed by atoms with Crippen LogP contribution in [-0.2, 0) is 0 Å². The van der Waals surface area contributed by atoms with E-state index in [0.717, 1.165) is 23.9 Å². The third-order valence-corrected chi connectivity index (χ3v) is 9.37. The van der Waals surface area contributed by atoms with Crippen LogP contribution >= 0.6 is 0 Å². The fourth-order valence-corrected chi connectivity index (χ4v) is 7.21. The second-order valence-corrected chi connectivity index (χ2v) is 12.6. The van der Waals surface area contributed by atoms with Crippen molar-refractivity contribution in [3.8, 4) is 0 Å². The van der Waals surface area contributed by atoms with E-state index in [-0.39, 0.29) is 0 Å². The lowest BCUT2D eigenvalue weighted by atomic mass is 9.91. The summed E-state index contributed by atoms with van der Waals surface area (Å²) in [7, 11) is 0. The molecule has 35 heavy (non-hydrogen) atoms. The summed E-state index contributed by atoms with van der Waals surface area (Å²) in [6.07, 6.45) is 30.4. The first-order valence-electron chi connectivity index (χ1n) is 16.7. The molecule has 4 atom stereocenters.